The van der Waals surface area contributed by atoms with E-state index in [0.29, 0.717) is 34.6 Å². The van der Waals surface area contributed by atoms with Crippen molar-refractivity contribution in [3.63, 3.8) is 0 Å². The van der Waals surface area contributed by atoms with Crippen molar-refractivity contribution in [1.82, 2.24) is 25.0 Å². The van der Waals surface area contributed by atoms with Crippen molar-refractivity contribution in [3.8, 4) is 5.88 Å². The summed E-state index contributed by atoms with van der Waals surface area (Å²) in [5.41, 5.74) is 1.17. The second-order valence-corrected chi connectivity index (χ2v) is 10.8. The average Bonchev–Trinajstić information content (AvgIpc) is 3.13. The van der Waals surface area contributed by atoms with Crippen LogP contribution >= 0.6 is 11.6 Å². The van der Waals surface area contributed by atoms with Crippen molar-refractivity contribution in [2.24, 2.45) is 11.8 Å². The highest BCUT2D eigenvalue weighted by Gasteiger charge is 2.59. The first-order chi connectivity index (χ1) is 16.3. The molecule has 4 saturated carbocycles. The van der Waals surface area contributed by atoms with E-state index >= 15 is 0 Å². The molecule has 0 saturated heterocycles. The van der Waals surface area contributed by atoms with Gasteiger partial charge in [0.05, 0.1) is 11.2 Å². The molecule has 4 fully saturated rings. The Kier molecular flexibility index (Phi) is 4.85. The number of nitrogens with zero attached hydrogens (tertiary/aromatic N) is 3. The molecule has 2 N–H and O–H groups in total. The van der Waals surface area contributed by atoms with E-state index in [9.17, 15) is 9.59 Å². The minimum Gasteiger partial charge on any atom is -0.390 e. The van der Waals surface area contributed by atoms with Crippen LogP contribution in [0.4, 0.5) is 4.79 Å². The van der Waals surface area contributed by atoms with Crippen molar-refractivity contribution in [1.29, 1.82) is 0 Å². The Morgan fingerprint density at radius 3 is 2.50 bits per heavy atom. The van der Waals surface area contributed by atoms with Gasteiger partial charge in [0, 0.05) is 23.0 Å². The summed E-state index contributed by atoms with van der Waals surface area (Å²) in [4.78, 5) is 34.7. The van der Waals surface area contributed by atoms with Gasteiger partial charge in [-0.1, -0.05) is 17.7 Å². The lowest BCUT2D eigenvalue weighted by Crippen LogP contribution is -2.70. The fourth-order valence-electron chi connectivity index (χ4n) is 6.86. The molecule has 3 aromatic rings. The van der Waals surface area contributed by atoms with Crippen molar-refractivity contribution in [3.05, 3.63) is 59.1 Å². The van der Waals surface area contributed by atoms with E-state index in [1.165, 1.54) is 0 Å². The number of hydrogen-bond donors (Lipinski definition) is 2. The number of hydrogen-bond acceptors (Lipinski definition) is 5. The van der Waals surface area contributed by atoms with Gasteiger partial charge in [-0.3, -0.25) is 4.79 Å². The van der Waals surface area contributed by atoms with Gasteiger partial charge >= 0.3 is 6.09 Å². The summed E-state index contributed by atoms with van der Waals surface area (Å²) >= 11 is 6.03. The number of carbonyl (C=O) groups is 2. The zero-order valence-electron chi connectivity index (χ0n) is 18.9. The topological polar surface area (TPSA) is 97.6 Å². The monoisotopic (exact) mass is 479 g/mol. The first-order valence-electron chi connectivity index (χ1n) is 11.7. The molecule has 0 aliphatic heterocycles. The van der Waals surface area contributed by atoms with E-state index in [0.717, 1.165) is 37.8 Å². The van der Waals surface area contributed by atoms with E-state index < -0.39 is 11.6 Å². The lowest BCUT2D eigenvalue weighted by molar-refractivity contribution is -0.0450. The van der Waals surface area contributed by atoms with Crippen molar-refractivity contribution in [2.45, 2.75) is 56.5 Å². The lowest BCUT2D eigenvalue weighted by atomic mass is 9.50. The number of fused-ring (bicyclic) bond motifs is 1. The molecule has 7 rings (SSSR count). The van der Waals surface area contributed by atoms with Gasteiger partial charge in [0.25, 0.3) is 5.91 Å². The molecule has 4 aliphatic rings. The Balaban J connectivity index is 1.19. The number of imidazole rings is 1. The van der Waals surface area contributed by atoms with Crippen LogP contribution in [-0.2, 0) is 0 Å². The van der Waals surface area contributed by atoms with Crippen LogP contribution in [0.3, 0.4) is 0 Å². The Labute approximate surface area is 202 Å². The second kappa shape index (κ2) is 7.70. The third-order valence-corrected chi connectivity index (χ3v) is 7.74. The summed E-state index contributed by atoms with van der Waals surface area (Å²) in [6.45, 7) is 1.88. The maximum atomic E-state index is 13.1. The second-order valence-electron chi connectivity index (χ2n) is 10.3. The minimum atomic E-state index is -0.515. The number of carbonyl (C=O) groups excluding carboxylic acids is 2. The fraction of sp³-hybridized carbons (Fsp3) is 0.440. The Bertz CT molecular complexity index is 1290. The zero-order chi connectivity index (χ0) is 23.5. The van der Waals surface area contributed by atoms with Crippen LogP contribution in [-0.4, -0.2) is 37.4 Å². The highest BCUT2D eigenvalue weighted by Crippen LogP contribution is 2.57. The molecule has 2 amide bonds. The fourth-order valence-corrected chi connectivity index (χ4v) is 7.03. The van der Waals surface area contributed by atoms with Gasteiger partial charge in [0.15, 0.2) is 0 Å². The quantitative estimate of drug-likeness (QED) is 0.581. The summed E-state index contributed by atoms with van der Waals surface area (Å²) in [6.07, 6.45) is 8.35. The van der Waals surface area contributed by atoms with E-state index in [2.05, 4.69) is 20.6 Å². The number of aromatic nitrogens is 3. The van der Waals surface area contributed by atoms with Gasteiger partial charge in [0.1, 0.15) is 11.3 Å². The minimum absolute atomic E-state index is 0.147. The largest absolute Gasteiger partial charge is 0.414 e. The molecule has 34 heavy (non-hydrogen) atoms. The lowest BCUT2D eigenvalue weighted by Gasteiger charge is -2.61. The smallest absolute Gasteiger partial charge is 0.390 e. The van der Waals surface area contributed by atoms with Gasteiger partial charge in [-0.25, -0.2) is 9.78 Å². The van der Waals surface area contributed by atoms with Crippen LogP contribution in [0.15, 0.2) is 42.7 Å². The van der Waals surface area contributed by atoms with Crippen LogP contribution < -0.4 is 15.4 Å². The average molecular weight is 480 g/mol. The first-order valence-corrected chi connectivity index (χ1v) is 12.1. The van der Waals surface area contributed by atoms with Gasteiger partial charge in [-0.2, -0.15) is 4.98 Å². The predicted octanol–water partition coefficient (Wildman–Crippen LogP) is 4.30. The Hall–Kier alpha value is -3.13. The number of halogens is 1. The van der Waals surface area contributed by atoms with Crippen LogP contribution in [0.25, 0.3) is 5.65 Å². The summed E-state index contributed by atoms with van der Waals surface area (Å²) in [5.74, 6) is 0.999. The molecule has 8 nitrogen and oxygen atoms in total. The van der Waals surface area contributed by atoms with E-state index in [1.54, 1.807) is 35.0 Å². The summed E-state index contributed by atoms with van der Waals surface area (Å²) < 4.78 is 7.27. The number of rotatable bonds is 4. The summed E-state index contributed by atoms with van der Waals surface area (Å²) in [5, 5.41) is 7.06. The van der Waals surface area contributed by atoms with Crippen molar-refractivity contribution >= 4 is 29.2 Å². The van der Waals surface area contributed by atoms with Crippen molar-refractivity contribution in [2.75, 3.05) is 0 Å². The molecule has 9 heteroatoms. The van der Waals surface area contributed by atoms with E-state index in [-0.39, 0.29) is 17.3 Å². The van der Waals surface area contributed by atoms with Gasteiger partial charge in [0.2, 0.25) is 5.88 Å². The Morgan fingerprint density at radius 2 is 1.76 bits per heavy atom. The highest BCUT2D eigenvalue weighted by atomic mass is 35.5. The molecule has 2 unspecified atom stereocenters. The SMILES string of the molecule is Cc1cccc(C(=O)NC23CC4CC(CC(NC(=O)Oc5cn6cc(Cl)ccc6n5)(C4)C2)C3)n1. The zero-order valence-corrected chi connectivity index (χ0v) is 19.6. The molecule has 4 bridgehead atoms. The van der Waals surface area contributed by atoms with E-state index in [4.69, 9.17) is 16.3 Å². The molecular weight excluding hydrogens is 454 g/mol. The molecule has 0 aromatic carbocycles. The first kappa shape index (κ1) is 21.4. The number of amides is 2. The number of ether oxygens (including phenoxy) is 1. The number of pyridine rings is 2. The maximum Gasteiger partial charge on any atom is 0.414 e. The van der Waals surface area contributed by atoms with Crippen LogP contribution in [0.1, 0.15) is 54.7 Å². The summed E-state index contributed by atoms with van der Waals surface area (Å²) in [6, 6.07) is 8.98. The highest BCUT2D eigenvalue weighted by molar-refractivity contribution is 6.30. The van der Waals surface area contributed by atoms with Crippen molar-refractivity contribution < 1.29 is 14.3 Å². The third kappa shape index (κ3) is 3.90. The molecule has 176 valence electrons. The van der Waals surface area contributed by atoms with Gasteiger partial charge < -0.3 is 19.8 Å². The molecule has 0 spiro atoms. The maximum absolute atomic E-state index is 13.1. The molecule has 4 aliphatic carbocycles. The van der Waals surface area contributed by atoms with Gasteiger partial charge in [-0.05, 0) is 81.5 Å². The number of aryl methyl sites for hydroxylation is 1. The molecule has 2 atom stereocenters. The van der Waals surface area contributed by atoms with Gasteiger partial charge in [-0.15, -0.1) is 0 Å². The van der Waals surface area contributed by atoms with Crippen LogP contribution in [0.2, 0.25) is 5.02 Å². The van der Waals surface area contributed by atoms with Crippen LogP contribution in [0, 0.1) is 18.8 Å². The third-order valence-electron chi connectivity index (χ3n) is 7.52. The Morgan fingerprint density at radius 1 is 1.03 bits per heavy atom. The standard InChI is InChI=1S/C25H26ClN5O3/c1-15-3-2-4-19(27-15)22(32)29-24-8-16-7-17(9-24)11-25(10-16,14-24)30-23(33)34-21-13-31-12-18(26)5-6-20(31)28-21/h2-6,12-13,16-17H,7-11,14H2,1H3,(H,29,32)(H,30,33). The molecule has 0 radical (unpaired) electrons. The number of nitrogens with one attached hydrogen (secondary N) is 2. The molecule has 3 aromatic heterocycles. The van der Waals surface area contributed by atoms with E-state index in [1.807, 2.05) is 19.1 Å². The van der Waals surface area contributed by atoms with Crippen LogP contribution in [0.5, 0.6) is 5.88 Å². The normalized spacial score (nSPS) is 29.2. The molecule has 3 heterocycles. The predicted molar refractivity (Wildman–Crippen MR) is 126 cm³/mol. The summed E-state index contributed by atoms with van der Waals surface area (Å²) in [7, 11) is 0. The molecular formula is C25H26ClN5O3.